The quantitative estimate of drug-likeness (QED) is 0.228. The molecule has 10 nitrogen and oxygen atoms in total. The van der Waals surface area contributed by atoms with Gasteiger partial charge in [0.15, 0.2) is 5.69 Å². The molecule has 0 N–H and O–H groups in total. The molecule has 1 aromatic heterocycles. The Kier molecular flexibility index (Phi) is 10.0. The van der Waals surface area contributed by atoms with E-state index in [1.54, 1.807) is 4.90 Å². The van der Waals surface area contributed by atoms with E-state index in [4.69, 9.17) is 19.2 Å². The number of hydrogen-bond acceptors (Lipinski definition) is 7. The highest BCUT2D eigenvalue weighted by molar-refractivity contribution is 5.99. The number of nitrogens with zero attached hydrogens (tertiary/aromatic N) is 5. The predicted molar refractivity (Wildman–Crippen MR) is 186 cm³/mol. The van der Waals surface area contributed by atoms with Gasteiger partial charge in [0, 0.05) is 44.0 Å². The monoisotopic (exact) mass is 651 g/mol. The molecule has 3 heterocycles. The van der Waals surface area contributed by atoms with E-state index in [2.05, 4.69) is 17.0 Å². The smallest absolute Gasteiger partial charge is 0.410 e. The first-order chi connectivity index (χ1) is 23.2. The summed E-state index contributed by atoms with van der Waals surface area (Å²) in [6, 6.07) is 28.2. The van der Waals surface area contributed by atoms with E-state index >= 15 is 0 Å². The average molecular weight is 652 g/mol. The molecule has 10 heteroatoms. The molecule has 0 spiro atoms. The average Bonchev–Trinajstić information content (AvgIpc) is 3.48. The summed E-state index contributed by atoms with van der Waals surface area (Å²) in [7, 11) is 0. The maximum absolute atomic E-state index is 14.9. The lowest BCUT2D eigenvalue weighted by molar-refractivity contribution is 0.00428. The van der Waals surface area contributed by atoms with Gasteiger partial charge in [0.1, 0.15) is 5.60 Å². The van der Waals surface area contributed by atoms with Crippen LogP contribution in [0.1, 0.15) is 43.7 Å². The lowest BCUT2D eigenvalue weighted by Crippen LogP contribution is -2.58. The largest absolute Gasteiger partial charge is 0.465 e. The maximum Gasteiger partial charge on any atom is 0.410 e. The third-order valence-electron chi connectivity index (χ3n) is 8.54. The van der Waals surface area contributed by atoms with Gasteiger partial charge in [-0.3, -0.25) is 9.36 Å². The van der Waals surface area contributed by atoms with Crippen molar-refractivity contribution in [2.24, 2.45) is 0 Å². The number of carbonyl (C=O) groups excluding carboxylic acids is 2. The molecule has 2 saturated heterocycles. The minimum Gasteiger partial charge on any atom is -0.465 e. The lowest BCUT2D eigenvalue weighted by atomic mass is 10.0. The van der Waals surface area contributed by atoms with E-state index in [0.29, 0.717) is 63.3 Å². The Morgan fingerprint density at radius 3 is 2.25 bits per heavy atom. The van der Waals surface area contributed by atoms with Gasteiger partial charge in [-0.1, -0.05) is 66.7 Å². The molecule has 0 bridgehead atoms. The number of piperazine rings is 1. The van der Waals surface area contributed by atoms with Crippen LogP contribution in [0.5, 0.6) is 6.01 Å². The second-order valence-electron chi connectivity index (χ2n) is 13.1. The van der Waals surface area contributed by atoms with Crippen LogP contribution in [-0.4, -0.2) is 95.5 Å². The topological polar surface area (TPSA) is 89.4 Å². The summed E-state index contributed by atoms with van der Waals surface area (Å²) in [5.74, 6) is -0.206. The molecule has 4 aromatic rings. The van der Waals surface area contributed by atoms with Crippen molar-refractivity contribution < 1.29 is 23.8 Å². The summed E-state index contributed by atoms with van der Waals surface area (Å²) < 4.78 is 19.4. The van der Waals surface area contributed by atoms with Crippen molar-refractivity contribution in [3.8, 4) is 23.0 Å². The Labute approximate surface area is 282 Å². The Morgan fingerprint density at radius 2 is 1.56 bits per heavy atom. The third-order valence-corrected chi connectivity index (χ3v) is 8.54. The normalized spacial score (nSPS) is 16.9. The first-order valence-electron chi connectivity index (χ1n) is 16.8. The number of hydrogen-bond donors (Lipinski definition) is 0. The molecule has 0 aliphatic carbocycles. The lowest BCUT2D eigenvalue weighted by Gasteiger charge is -2.41. The summed E-state index contributed by atoms with van der Waals surface area (Å²) in [5, 5.41) is 0. The number of imidazole rings is 1. The molecule has 6 rings (SSSR count). The minimum absolute atomic E-state index is 0.206. The van der Waals surface area contributed by atoms with E-state index in [-0.39, 0.29) is 18.0 Å². The van der Waals surface area contributed by atoms with Crippen LogP contribution >= 0.6 is 0 Å². The highest BCUT2D eigenvalue weighted by atomic mass is 16.6. The maximum atomic E-state index is 14.9. The van der Waals surface area contributed by atoms with E-state index < -0.39 is 5.60 Å². The van der Waals surface area contributed by atoms with E-state index in [1.165, 1.54) is 0 Å². The number of benzene rings is 3. The fourth-order valence-corrected chi connectivity index (χ4v) is 6.34. The summed E-state index contributed by atoms with van der Waals surface area (Å²) in [5.41, 5.74) is 4.20. The zero-order chi connectivity index (χ0) is 33.7. The van der Waals surface area contributed by atoms with Crippen LogP contribution in [0.3, 0.4) is 0 Å². The van der Waals surface area contributed by atoms with E-state index in [9.17, 15) is 9.59 Å². The van der Waals surface area contributed by atoms with Gasteiger partial charge in [0.05, 0.1) is 37.2 Å². The molecule has 0 unspecified atom stereocenters. The van der Waals surface area contributed by atoms with Crippen molar-refractivity contribution >= 4 is 17.7 Å². The van der Waals surface area contributed by atoms with Crippen LogP contribution in [0.25, 0.3) is 16.9 Å². The van der Waals surface area contributed by atoms with Gasteiger partial charge in [-0.05, 0) is 57.9 Å². The van der Waals surface area contributed by atoms with Gasteiger partial charge in [0.2, 0.25) is 0 Å². The molecule has 48 heavy (non-hydrogen) atoms. The molecule has 0 saturated carbocycles. The van der Waals surface area contributed by atoms with Crippen LogP contribution in [-0.2, 0) is 15.9 Å². The minimum atomic E-state index is -0.620. The summed E-state index contributed by atoms with van der Waals surface area (Å²) in [6.45, 7) is 11.9. The van der Waals surface area contributed by atoms with E-state index in [1.807, 2.05) is 110 Å². The van der Waals surface area contributed by atoms with Crippen molar-refractivity contribution in [2.45, 2.75) is 45.8 Å². The molecule has 252 valence electrons. The Hall–Kier alpha value is -4.83. The first-order valence-corrected chi connectivity index (χ1v) is 16.8. The molecule has 2 amide bonds. The fraction of sp³-hybridized carbons (Fsp3) is 0.395. The number of aromatic nitrogens is 2. The van der Waals surface area contributed by atoms with Gasteiger partial charge in [-0.15, -0.1) is 0 Å². The Balaban J connectivity index is 1.42. The van der Waals surface area contributed by atoms with Crippen molar-refractivity contribution in [2.75, 3.05) is 57.4 Å². The second kappa shape index (κ2) is 14.5. The number of amides is 2. The highest BCUT2D eigenvalue weighted by Gasteiger charge is 2.38. The standard InChI is InChI=1S/C38H45N5O5/c1-5-47-36-39-33(34(29-15-10-7-11-16-29)43(36)31-18-12-17-30(26-31)40-21-23-46-24-22-40)35(44)42-20-19-41(37(45)48-38(2,3)4)27-32(42)25-28-13-8-6-9-14-28/h6-18,26,32H,5,19-25,27H2,1-4H3/t32-/m1/s1. The van der Waals surface area contributed by atoms with Gasteiger partial charge < -0.3 is 28.9 Å². The first kappa shape index (κ1) is 33.1. The van der Waals surface area contributed by atoms with Gasteiger partial charge in [-0.2, -0.15) is 4.98 Å². The number of rotatable bonds is 8. The number of morpholine rings is 1. The Morgan fingerprint density at radius 1 is 0.875 bits per heavy atom. The number of ether oxygens (including phenoxy) is 3. The van der Waals surface area contributed by atoms with Crippen LogP contribution in [0.4, 0.5) is 10.5 Å². The number of carbonyl (C=O) groups is 2. The van der Waals surface area contributed by atoms with Crippen molar-refractivity contribution in [3.63, 3.8) is 0 Å². The molecular formula is C38H45N5O5. The molecule has 0 radical (unpaired) electrons. The van der Waals surface area contributed by atoms with Crippen molar-refractivity contribution in [3.05, 3.63) is 96.2 Å². The zero-order valence-corrected chi connectivity index (χ0v) is 28.3. The van der Waals surface area contributed by atoms with Gasteiger partial charge >= 0.3 is 12.1 Å². The summed E-state index contributed by atoms with van der Waals surface area (Å²) in [6.07, 6.45) is 0.202. The molecule has 1 atom stereocenters. The summed E-state index contributed by atoms with van der Waals surface area (Å²) >= 11 is 0. The summed E-state index contributed by atoms with van der Waals surface area (Å²) in [4.78, 5) is 38.8. The van der Waals surface area contributed by atoms with Crippen LogP contribution in [0.15, 0.2) is 84.9 Å². The molecule has 2 fully saturated rings. The third kappa shape index (κ3) is 7.49. The molecular weight excluding hydrogens is 606 g/mol. The predicted octanol–water partition coefficient (Wildman–Crippen LogP) is 6.08. The van der Waals surface area contributed by atoms with Gasteiger partial charge in [-0.25, -0.2) is 4.79 Å². The Bertz CT molecular complexity index is 1700. The SMILES string of the molecule is CCOc1nc(C(=O)N2CCN(C(=O)OC(C)(C)C)C[C@H]2Cc2ccccc2)c(-c2ccccc2)n1-c1cccc(N2CCOCC2)c1. The molecule has 2 aliphatic rings. The van der Waals surface area contributed by atoms with Crippen molar-refractivity contribution in [1.29, 1.82) is 0 Å². The highest BCUT2D eigenvalue weighted by Crippen LogP contribution is 2.35. The van der Waals surface area contributed by atoms with Crippen LogP contribution in [0, 0.1) is 0 Å². The van der Waals surface area contributed by atoms with E-state index in [0.717, 1.165) is 35.6 Å². The van der Waals surface area contributed by atoms with Gasteiger partial charge in [0.25, 0.3) is 5.91 Å². The second-order valence-corrected chi connectivity index (χ2v) is 13.1. The molecule has 3 aromatic carbocycles. The van der Waals surface area contributed by atoms with Crippen LogP contribution < -0.4 is 9.64 Å². The number of anilines is 1. The van der Waals surface area contributed by atoms with Crippen LogP contribution in [0.2, 0.25) is 0 Å². The van der Waals surface area contributed by atoms with Crippen molar-refractivity contribution in [1.82, 2.24) is 19.4 Å². The molecule has 2 aliphatic heterocycles. The fourth-order valence-electron chi connectivity index (χ4n) is 6.34. The zero-order valence-electron chi connectivity index (χ0n) is 28.3.